The first-order chi connectivity index (χ1) is 15.1. The maximum absolute atomic E-state index is 13.5. The van der Waals surface area contributed by atoms with Crippen molar-refractivity contribution in [1.29, 1.82) is 0 Å². The van der Waals surface area contributed by atoms with E-state index in [0.717, 1.165) is 47.2 Å². The Hall–Kier alpha value is -2.69. The number of aromatic amines is 1. The zero-order valence-corrected chi connectivity index (χ0v) is 19.1. The SMILES string of the molecule is O=C1/C(=N/n2c(-c3ccncc3)n[nH]c2=S)c2cc(Br)ccc2N1CN1CCCCC1. The third-order valence-corrected chi connectivity index (χ3v) is 6.29. The topological polar surface area (TPSA) is 82.4 Å². The fourth-order valence-corrected chi connectivity index (χ4v) is 4.53. The van der Waals surface area contributed by atoms with Crippen molar-refractivity contribution in [2.24, 2.45) is 5.10 Å². The van der Waals surface area contributed by atoms with Crippen molar-refractivity contribution in [2.45, 2.75) is 19.3 Å². The van der Waals surface area contributed by atoms with E-state index in [2.05, 4.69) is 41.1 Å². The minimum absolute atomic E-state index is 0.137. The number of benzene rings is 1. The monoisotopic (exact) mass is 497 g/mol. The quantitative estimate of drug-likeness (QED) is 0.554. The third-order valence-electron chi connectivity index (χ3n) is 5.53. The van der Waals surface area contributed by atoms with Crippen molar-refractivity contribution in [1.82, 2.24) is 24.8 Å². The fourth-order valence-electron chi connectivity index (χ4n) is 4.00. The van der Waals surface area contributed by atoms with E-state index in [-0.39, 0.29) is 5.91 Å². The molecule has 3 aromatic rings. The number of carbonyl (C=O) groups is 1. The number of anilines is 1. The highest BCUT2D eigenvalue weighted by Gasteiger charge is 2.36. The van der Waals surface area contributed by atoms with Gasteiger partial charge in [-0.2, -0.15) is 14.9 Å². The molecule has 1 saturated heterocycles. The summed E-state index contributed by atoms with van der Waals surface area (Å²) in [6.07, 6.45) is 6.93. The summed E-state index contributed by atoms with van der Waals surface area (Å²) in [5, 5.41) is 11.8. The highest BCUT2D eigenvalue weighted by Crippen LogP contribution is 2.33. The van der Waals surface area contributed by atoms with E-state index in [0.29, 0.717) is 23.0 Å². The molecule has 0 radical (unpaired) electrons. The van der Waals surface area contributed by atoms with Crippen LogP contribution in [0.3, 0.4) is 0 Å². The Labute approximate surface area is 192 Å². The van der Waals surface area contributed by atoms with Gasteiger partial charge in [-0.25, -0.2) is 5.10 Å². The summed E-state index contributed by atoms with van der Waals surface area (Å²) in [5.74, 6) is 0.390. The number of aromatic nitrogens is 4. The first kappa shape index (κ1) is 20.2. The fraction of sp³-hybridized carbons (Fsp3) is 0.286. The van der Waals surface area contributed by atoms with Crippen LogP contribution in [0.2, 0.25) is 0 Å². The molecule has 0 unspecified atom stereocenters. The Balaban J connectivity index is 1.58. The molecule has 8 nitrogen and oxygen atoms in total. The second-order valence-electron chi connectivity index (χ2n) is 7.56. The van der Waals surface area contributed by atoms with E-state index in [4.69, 9.17) is 12.2 Å². The van der Waals surface area contributed by atoms with E-state index in [9.17, 15) is 4.79 Å². The number of nitrogens with zero attached hydrogens (tertiary/aromatic N) is 6. The van der Waals surface area contributed by atoms with E-state index < -0.39 is 0 Å². The van der Waals surface area contributed by atoms with E-state index >= 15 is 0 Å². The Kier molecular flexibility index (Phi) is 5.51. The molecule has 0 bridgehead atoms. The Morgan fingerprint density at radius 2 is 1.90 bits per heavy atom. The van der Waals surface area contributed by atoms with Crippen LogP contribution in [0.25, 0.3) is 11.4 Å². The van der Waals surface area contributed by atoms with Gasteiger partial charge in [0.2, 0.25) is 4.77 Å². The van der Waals surface area contributed by atoms with Crippen LogP contribution in [-0.4, -0.2) is 56.1 Å². The lowest BCUT2D eigenvalue weighted by Gasteiger charge is -2.30. The van der Waals surface area contributed by atoms with Gasteiger partial charge >= 0.3 is 0 Å². The van der Waals surface area contributed by atoms with Gasteiger partial charge in [0.1, 0.15) is 0 Å². The molecular weight excluding hydrogens is 478 g/mol. The maximum atomic E-state index is 13.5. The van der Waals surface area contributed by atoms with Crippen LogP contribution in [0.5, 0.6) is 0 Å². The molecule has 0 atom stereocenters. The molecule has 5 rings (SSSR count). The molecule has 1 amide bonds. The summed E-state index contributed by atoms with van der Waals surface area (Å²) in [6.45, 7) is 2.56. The molecule has 4 heterocycles. The van der Waals surface area contributed by atoms with Gasteiger partial charge in [-0.05, 0) is 68.5 Å². The van der Waals surface area contributed by atoms with Crippen LogP contribution in [0.15, 0.2) is 52.3 Å². The molecule has 1 aromatic carbocycles. The lowest BCUT2D eigenvalue weighted by atomic mass is 10.1. The lowest BCUT2D eigenvalue weighted by molar-refractivity contribution is -0.112. The molecule has 0 aliphatic carbocycles. The van der Waals surface area contributed by atoms with Crippen LogP contribution in [0, 0.1) is 4.77 Å². The number of piperidine rings is 1. The number of likely N-dealkylation sites (tertiary alicyclic amines) is 1. The smallest absolute Gasteiger partial charge is 0.280 e. The Morgan fingerprint density at radius 1 is 1.13 bits per heavy atom. The average molecular weight is 498 g/mol. The molecule has 31 heavy (non-hydrogen) atoms. The summed E-state index contributed by atoms with van der Waals surface area (Å²) in [4.78, 5) is 21.7. The van der Waals surface area contributed by atoms with Gasteiger partial charge in [-0.3, -0.25) is 19.6 Å². The van der Waals surface area contributed by atoms with Crippen molar-refractivity contribution in [2.75, 3.05) is 24.7 Å². The third kappa shape index (κ3) is 3.86. The molecule has 2 aliphatic heterocycles. The van der Waals surface area contributed by atoms with Gasteiger partial charge in [0.15, 0.2) is 11.5 Å². The minimum Gasteiger partial charge on any atom is -0.293 e. The number of nitrogens with one attached hydrogen (secondary N) is 1. The number of fused-ring (bicyclic) bond motifs is 1. The first-order valence-electron chi connectivity index (χ1n) is 10.1. The van der Waals surface area contributed by atoms with Gasteiger partial charge in [-0.1, -0.05) is 22.4 Å². The average Bonchev–Trinajstić information content (AvgIpc) is 3.28. The first-order valence-corrected chi connectivity index (χ1v) is 11.3. The Morgan fingerprint density at radius 3 is 2.68 bits per heavy atom. The number of amides is 1. The number of carbonyl (C=O) groups excluding carboxylic acids is 1. The highest BCUT2D eigenvalue weighted by molar-refractivity contribution is 9.10. The number of rotatable bonds is 4. The van der Waals surface area contributed by atoms with Gasteiger partial charge < -0.3 is 0 Å². The largest absolute Gasteiger partial charge is 0.293 e. The molecule has 0 spiro atoms. The summed E-state index contributed by atoms with van der Waals surface area (Å²) >= 11 is 8.94. The van der Waals surface area contributed by atoms with Crippen LogP contribution in [0.1, 0.15) is 24.8 Å². The molecular formula is C21H20BrN7OS. The van der Waals surface area contributed by atoms with Crippen molar-refractivity contribution in [3.8, 4) is 11.4 Å². The maximum Gasteiger partial charge on any atom is 0.280 e. The standard InChI is InChI=1S/C21H20BrN7OS/c22-15-4-5-17-16(12-15)18(20(30)28(17)13-27-10-2-1-3-11-27)26-29-19(24-25-21(29)31)14-6-8-23-9-7-14/h4-9,12H,1-3,10-11,13H2,(H,25,31)/b26-18+. The number of hydrogen-bond acceptors (Lipinski definition) is 6. The van der Waals surface area contributed by atoms with Crippen molar-refractivity contribution in [3.63, 3.8) is 0 Å². The predicted molar refractivity (Wildman–Crippen MR) is 124 cm³/mol. The number of hydrogen-bond donors (Lipinski definition) is 1. The zero-order valence-electron chi connectivity index (χ0n) is 16.7. The van der Waals surface area contributed by atoms with Crippen LogP contribution < -0.4 is 4.90 Å². The summed E-state index contributed by atoms with van der Waals surface area (Å²) in [5.41, 5.74) is 2.79. The Bertz CT molecular complexity index is 1210. The summed E-state index contributed by atoms with van der Waals surface area (Å²) in [6, 6.07) is 9.49. The van der Waals surface area contributed by atoms with E-state index in [1.807, 2.05) is 35.2 Å². The zero-order chi connectivity index (χ0) is 21.4. The number of pyridine rings is 1. The van der Waals surface area contributed by atoms with Gasteiger partial charge in [0.05, 0.1) is 12.4 Å². The lowest BCUT2D eigenvalue weighted by Crippen LogP contribution is -2.43. The van der Waals surface area contributed by atoms with Crippen molar-refractivity contribution in [3.05, 3.63) is 57.5 Å². The summed E-state index contributed by atoms with van der Waals surface area (Å²) in [7, 11) is 0. The highest BCUT2D eigenvalue weighted by atomic mass is 79.9. The molecule has 158 valence electrons. The van der Waals surface area contributed by atoms with Crippen molar-refractivity contribution < 1.29 is 4.79 Å². The summed E-state index contributed by atoms with van der Waals surface area (Å²) < 4.78 is 2.71. The van der Waals surface area contributed by atoms with E-state index in [1.54, 1.807) is 12.4 Å². The predicted octanol–water partition coefficient (Wildman–Crippen LogP) is 3.81. The second kappa shape index (κ2) is 8.45. The molecule has 2 aromatic heterocycles. The van der Waals surface area contributed by atoms with Crippen LogP contribution >= 0.6 is 28.1 Å². The van der Waals surface area contributed by atoms with Gasteiger partial charge in [0, 0.05) is 28.0 Å². The normalized spacial score (nSPS) is 18.0. The van der Waals surface area contributed by atoms with Crippen LogP contribution in [-0.2, 0) is 4.79 Å². The minimum atomic E-state index is -0.137. The van der Waals surface area contributed by atoms with Crippen molar-refractivity contribution >= 4 is 45.5 Å². The van der Waals surface area contributed by atoms with Gasteiger partial charge in [-0.15, -0.1) is 0 Å². The van der Waals surface area contributed by atoms with Gasteiger partial charge in [0.25, 0.3) is 5.91 Å². The molecule has 1 N–H and O–H groups in total. The van der Waals surface area contributed by atoms with E-state index in [1.165, 1.54) is 11.1 Å². The second-order valence-corrected chi connectivity index (χ2v) is 8.87. The molecule has 1 fully saturated rings. The molecule has 10 heteroatoms. The number of halogens is 1. The van der Waals surface area contributed by atoms with Crippen LogP contribution in [0.4, 0.5) is 5.69 Å². The molecule has 2 aliphatic rings. The molecule has 0 saturated carbocycles. The number of H-pyrrole nitrogens is 1.